The Morgan fingerprint density at radius 3 is 2.67 bits per heavy atom. The van der Waals surface area contributed by atoms with E-state index in [2.05, 4.69) is 59.3 Å². The predicted molar refractivity (Wildman–Crippen MR) is 142 cm³/mol. The maximum Gasteiger partial charge on any atom is 0.230 e. The van der Waals surface area contributed by atoms with Crippen molar-refractivity contribution < 1.29 is 8.95 Å². The molecule has 10 nitrogen and oxygen atoms in total. The first-order chi connectivity index (χ1) is 16.8. The first kappa shape index (κ1) is 24.6. The summed E-state index contributed by atoms with van der Waals surface area (Å²) in [6.45, 7) is 11.1. The molecule has 1 saturated heterocycles. The van der Waals surface area contributed by atoms with Crippen LogP contribution in [0.15, 0.2) is 41.0 Å². The van der Waals surface area contributed by atoms with Gasteiger partial charge in [-0.05, 0) is 46.2 Å². The first-order valence-corrected chi connectivity index (χ1v) is 14.4. The van der Waals surface area contributed by atoms with Crippen molar-refractivity contribution in [2.45, 2.75) is 64.1 Å². The van der Waals surface area contributed by atoms with Crippen LogP contribution in [-0.4, -0.2) is 59.7 Å². The molecule has 1 fully saturated rings. The molecular formula is C25H34N8O2S. The van der Waals surface area contributed by atoms with E-state index in [-0.39, 0.29) is 23.1 Å². The normalized spacial score (nSPS) is 22.9. The van der Waals surface area contributed by atoms with Gasteiger partial charge in [0.05, 0.1) is 18.2 Å². The van der Waals surface area contributed by atoms with E-state index in [1.807, 2.05) is 35.3 Å². The minimum atomic E-state index is -2.35. The maximum absolute atomic E-state index is 12.3. The molecule has 5 rings (SSSR count). The smallest absolute Gasteiger partial charge is 0.230 e. The van der Waals surface area contributed by atoms with Crippen LogP contribution in [0.5, 0.6) is 0 Å². The van der Waals surface area contributed by atoms with Crippen molar-refractivity contribution in [1.29, 1.82) is 0 Å². The first-order valence-electron chi connectivity index (χ1n) is 12.1. The topological polar surface area (TPSA) is 110 Å². The molecule has 0 amide bonds. The van der Waals surface area contributed by atoms with Gasteiger partial charge < -0.3 is 15.0 Å². The number of aromatic nitrogens is 5. The molecule has 36 heavy (non-hydrogen) atoms. The maximum atomic E-state index is 12.3. The Morgan fingerprint density at radius 2 is 1.97 bits per heavy atom. The van der Waals surface area contributed by atoms with Crippen molar-refractivity contribution in [3.8, 4) is 0 Å². The Hall–Kier alpha value is -3.05. The highest BCUT2D eigenvalue weighted by Gasteiger charge is 2.55. The average molecular weight is 511 g/mol. The molecule has 1 N–H and O–H groups in total. The molecule has 0 spiro atoms. The summed E-state index contributed by atoms with van der Waals surface area (Å²) in [5, 5.41) is 7.81. The zero-order valence-corrected chi connectivity index (χ0v) is 22.7. The van der Waals surface area contributed by atoms with Gasteiger partial charge in [0.15, 0.2) is 11.6 Å². The van der Waals surface area contributed by atoms with E-state index in [4.69, 9.17) is 14.7 Å². The lowest BCUT2D eigenvalue weighted by atomic mass is 9.73. The summed E-state index contributed by atoms with van der Waals surface area (Å²) >= 11 is 0. The van der Waals surface area contributed by atoms with Gasteiger partial charge in [-0.3, -0.25) is 4.68 Å². The van der Waals surface area contributed by atoms with Gasteiger partial charge in [0.1, 0.15) is 11.6 Å². The third-order valence-electron chi connectivity index (χ3n) is 6.76. The van der Waals surface area contributed by atoms with Crippen molar-refractivity contribution >= 4 is 38.9 Å². The summed E-state index contributed by atoms with van der Waals surface area (Å²) in [6.07, 6.45) is 7.81. The highest BCUT2D eigenvalue weighted by Crippen LogP contribution is 2.53. The minimum absolute atomic E-state index is 0.0521. The fraction of sp³-hybridized carbons (Fsp3) is 0.520. The second-order valence-electron chi connectivity index (χ2n) is 11.0. The molecule has 2 aliphatic rings. The molecule has 0 bridgehead atoms. The summed E-state index contributed by atoms with van der Waals surface area (Å²) in [4.78, 5) is 16.5. The quantitative estimate of drug-likeness (QED) is 0.525. The number of hydrogen-bond donors (Lipinski definition) is 1. The van der Waals surface area contributed by atoms with Crippen molar-refractivity contribution in [1.82, 2.24) is 24.7 Å². The van der Waals surface area contributed by atoms with Gasteiger partial charge in [0.2, 0.25) is 5.95 Å². The summed E-state index contributed by atoms with van der Waals surface area (Å²) in [5.41, 5.74) is 0.395. The lowest BCUT2D eigenvalue weighted by molar-refractivity contribution is -0.0893. The van der Waals surface area contributed by atoms with Crippen LogP contribution in [0.25, 0.3) is 0 Å². The molecule has 0 aliphatic carbocycles. The number of rotatable bonds is 5. The van der Waals surface area contributed by atoms with Crippen molar-refractivity contribution in [2.24, 2.45) is 4.36 Å². The molecule has 192 valence electrons. The van der Waals surface area contributed by atoms with E-state index in [9.17, 15) is 4.21 Å². The zero-order chi connectivity index (χ0) is 25.9. The Morgan fingerprint density at radius 1 is 1.19 bits per heavy atom. The average Bonchev–Trinajstić information content (AvgIpc) is 3.33. The molecule has 2 aliphatic heterocycles. The molecule has 0 saturated carbocycles. The summed E-state index contributed by atoms with van der Waals surface area (Å²) in [5.74, 6) is 3.07. The summed E-state index contributed by atoms with van der Waals surface area (Å²) < 4.78 is 24.8. The molecule has 5 heterocycles. The van der Waals surface area contributed by atoms with Crippen molar-refractivity contribution in [3.05, 3.63) is 42.2 Å². The van der Waals surface area contributed by atoms with Gasteiger partial charge in [-0.25, -0.2) is 14.2 Å². The van der Waals surface area contributed by atoms with Crippen LogP contribution in [0.4, 0.5) is 29.2 Å². The van der Waals surface area contributed by atoms with Gasteiger partial charge in [-0.15, -0.1) is 0 Å². The Kier molecular flexibility index (Phi) is 5.83. The minimum Gasteiger partial charge on any atom is -0.374 e. The highest BCUT2D eigenvalue weighted by molar-refractivity contribution is 7.92. The van der Waals surface area contributed by atoms with Gasteiger partial charge in [0, 0.05) is 57.7 Å². The third kappa shape index (κ3) is 4.57. The number of ether oxygens (including phenoxy) is 1. The molecular weight excluding hydrogens is 476 g/mol. The summed E-state index contributed by atoms with van der Waals surface area (Å²) in [6, 6.07) is 7.84. The van der Waals surface area contributed by atoms with Gasteiger partial charge in [-0.2, -0.15) is 14.4 Å². The second-order valence-corrected chi connectivity index (χ2v) is 13.6. The van der Waals surface area contributed by atoms with E-state index in [0.717, 1.165) is 17.8 Å². The highest BCUT2D eigenvalue weighted by atomic mass is 32.2. The number of pyridine rings is 1. The fourth-order valence-corrected chi connectivity index (χ4v) is 5.44. The fourth-order valence-electron chi connectivity index (χ4n) is 4.89. The summed E-state index contributed by atoms with van der Waals surface area (Å²) in [7, 11) is -2.35. The largest absolute Gasteiger partial charge is 0.374 e. The van der Waals surface area contributed by atoms with Crippen LogP contribution in [-0.2, 0) is 19.9 Å². The van der Waals surface area contributed by atoms with Gasteiger partial charge in [0.25, 0.3) is 0 Å². The lowest BCUT2D eigenvalue weighted by Crippen LogP contribution is -2.54. The molecule has 0 unspecified atom stereocenters. The van der Waals surface area contributed by atoms with E-state index in [0.29, 0.717) is 30.0 Å². The molecule has 0 aromatic carbocycles. The molecule has 0 radical (unpaired) electrons. The van der Waals surface area contributed by atoms with Gasteiger partial charge >= 0.3 is 0 Å². The van der Waals surface area contributed by atoms with E-state index in [1.54, 1.807) is 18.6 Å². The Balaban J connectivity index is 1.60. The lowest BCUT2D eigenvalue weighted by Gasteiger charge is -2.46. The van der Waals surface area contributed by atoms with Crippen LogP contribution in [0, 0.1) is 0 Å². The number of nitrogens with zero attached hydrogens (tertiary/aromatic N) is 7. The Bertz CT molecular complexity index is 1420. The van der Waals surface area contributed by atoms with E-state index in [1.165, 1.54) is 0 Å². The number of fused-ring (bicyclic) bond motifs is 3. The molecule has 11 heteroatoms. The molecule has 3 aromatic heterocycles. The van der Waals surface area contributed by atoms with Crippen LogP contribution in [0.3, 0.4) is 0 Å². The van der Waals surface area contributed by atoms with Gasteiger partial charge in [-0.1, -0.05) is 13.0 Å². The zero-order valence-electron chi connectivity index (χ0n) is 21.9. The van der Waals surface area contributed by atoms with Crippen LogP contribution in [0.1, 0.15) is 52.6 Å². The molecule has 3 aromatic rings. The number of anilines is 4. The van der Waals surface area contributed by atoms with Crippen LogP contribution in [0.2, 0.25) is 0 Å². The van der Waals surface area contributed by atoms with E-state index >= 15 is 0 Å². The van der Waals surface area contributed by atoms with E-state index < -0.39 is 9.73 Å². The molecule has 2 atom stereocenters. The monoisotopic (exact) mass is 510 g/mol. The Labute approximate surface area is 212 Å². The van der Waals surface area contributed by atoms with Crippen LogP contribution >= 0.6 is 0 Å². The van der Waals surface area contributed by atoms with Crippen molar-refractivity contribution in [2.75, 3.05) is 29.3 Å². The SMILES string of the molecule is CC(C)n1ccc(Nc2ncc3c(n2)N(c2cccc(N=S(C)(C)=O)n2)[C@@H]2CC(C)(C)OC[C@]32C)n1. The number of nitrogens with one attached hydrogen (secondary N) is 1. The predicted octanol–water partition coefficient (Wildman–Crippen LogP) is 4.73. The number of hydrogen-bond acceptors (Lipinski definition) is 9. The van der Waals surface area contributed by atoms with Crippen molar-refractivity contribution in [3.63, 3.8) is 0 Å². The van der Waals surface area contributed by atoms with Crippen LogP contribution < -0.4 is 10.2 Å². The second kappa shape index (κ2) is 8.52. The third-order valence-corrected chi connectivity index (χ3v) is 7.39. The standard InChI is InChI=1S/C25H34N8O2S/c1-16(2)32-12-11-19(30-32)28-23-26-14-17-22(29-23)33(18-13-24(3,4)35-15-25(17,18)5)21-10-8-9-20(27-21)31-36(6,7)34/h8-12,14,16,18H,13,15H2,1-7H3,(H,26,28,29,30)/t18-,25-/m1/s1.